The van der Waals surface area contributed by atoms with Crippen molar-refractivity contribution in [1.82, 2.24) is 9.88 Å². The number of unbranched alkanes of at least 4 members (excludes halogenated alkanes) is 2. The summed E-state index contributed by atoms with van der Waals surface area (Å²) in [6, 6.07) is 12.9. The van der Waals surface area contributed by atoms with Crippen molar-refractivity contribution in [3.63, 3.8) is 0 Å². The van der Waals surface area contributed by atoms with Crippen molar-refractivity contribution in [2.45, 2.75) is 32.7 Å². The molecular weight excluding hydrogens is 312 g/mol. The second-order valence-corrected chi connectivity index (χ2v) is 6.54. The van der Waals surface area contributed by atoms with Gasteiger partial charge in [0.25, 0.3) is 0 Å². The molecule has 0 radical (unpaired) electrons. The number of benzene rings is 2. The molecule has 0 fully saturated rings. The summed E-state index contributed by atoms with van der Waals surface area (Å²) in [4.78, 5) is 0. The van der Waals surface area contributed by atoms with Crippen LogP contribution in [0.1, 0.15) is 24.8 Å². The van der Waals surface area contributed by atoms with Gasteiger partial charge in [0, 0.05) is 17.4 Å². The predicted octanol–water partition coefficient (Wildman–Crippen LogP) is 4.42. The van der Waals surface area contributed by atoms with Crippen LogP contribution in [0.5, 0.6) is 11.5 Å². The third-order valence-corrected chi connectivity index (χ3v) is 4.75. The van der Waals surface area contributed by atoms with Gasteiger partial charge in [0.15, 0.2) is 0 Å². The summed E-state index contributed by atoms with van der Waals surface area (Å²) in [5.41, 5.74) is 4.55. The molecule has 4 heteroatoms. The van der Waals surface area contributed by atoms with E-state index in [0.29, 0.717) is 5.75 Å². The van der Waals surface area contributed by atoms with Crippen LogP contribution in [0.25, 0.3) is 22.2 Å². The van der Waals surface area contributed by atoms with Crippen LogP contribution in [-0.2, 0) is 6.54 Å². The minimum Gasteiger partial charge on any atom is -0.508 e. The van der Waals surface area contributed by atoms with E-state index >= 15 is 0 Å². The monoisotopic (exact) mass is 338 g/mol. The molecule has 0 saturated carbocycles. The zero-order chi connectivity index (χ0) is 17.8. The Hall–Kier alpha value is -2.46. The Kier molecular flexibility index (Phi) is 5.29. The van der Waals surface area contributed by atoms with Gasteiger partial charge in [-0.2, -0.15) is 0 Å². The van der Waals surface area contributed by atoms with Crippen LogP contribution in [0.4, 0.5) is 0 Å². The maximum atomic E-state index is 9.89. The van der Waals surface area contributed by atoms with Crippen LogP contribution >= 0.6 is 0 Å². The first-order chi connectivity index (χ1) is 12.1. The third kappa shape index (κ3) is 3.64. The number of phenols is 2. The van der Waals surface area contributed by atoms with E-state index in [1.165, 1.54) is 12.8 Å². The molecule has 0 amide bonds. The zero-order valence-electron chi connectivity index (χ0n) is 14.9. The summed E-state index contributed by atoms with van der Waals surface area (Å²) in [6.45, 7) is 4.08. The number of hydrogen-bond donors (Lipinski definition) is 3. The van der Waals surface area contributed by atoms with Gasteiger partial charge in [0.1, 0.15) is 11.5 Å². The number of nitrogens with one attached hydrogen (secondary N) is 1. The molecule has 0 unspecified atom stereocenters. The molecule has 0 aliphatic rings. The molecule has 25 heavy (non-hydrogen) atoms. The fourth-order valence-electron chi connectivity index (χ4n) is 3.48. The summed E-state index contributed by atoms with van der Waals surface area (Å²) in [6.07, 6.45) is 3.45. The number of aryl methyl sites for hydroxylation is 2. The molecule has 132 valence electrons. The van der Waals surface area contributed by atoms with E-state index in [4.69, 9.17) is 0 Å². The Morgan fingerprint density at radius 1 is 0.920 bits per heavy atom. The molecule has 3 rings (SSSR count). The predicted molar refractivity (Wildman–Crippen MR) is 103 cm³/mol. The lowest BCUT2D eigenvalue weighted by atomic mass is 10.1. The van der Waals surface area contributed by atoms with Gasteiger partial charge in [-0.15, -0.1) is 0 Å². The van der Waals surface area contributed by atoms with Crippen molar-refractivity contribution < 1.29 is 10.2 Å². The van der Waals surface area contributed by atoms with Crippen molar-refractivity contribution in [2.24, 2.45) is 0 Å². The van der Waals surface area contributed by atoms with Crippen LogP contribution in [0.3, 0.4) is 0 Å². The number of fused-ring (bicyclic) bond motifs is 1. The van der Waals surface area contributed by atoms with Gasteiger partial charge in [0.2, 0.25) is 0 Å². The van der Waals surface area contributed by atoms with E-state index in [0.717, 1.165) is 47.2 Å². The van der Waals surface area contributed by atoms with Gasteiger partial charge in [-0.3, -0.25) is 0 Å². The Labute approximate surface area is 148 Å². The molecule has 4 nitrogen and oxygen atoms in total. The van der Waals surface area contributed by atoms with Gasteiger partial charge < -0.3 is 20.1 Å². The molecule has 3 aromatic rings. The first-order valence-corrected chi connectivity index (χ1v) is 8.87. The summed E-state index contributed by atoms with van der Waals surface area (Å²) in [5.74, 6) is 0.563. The molecule has 3 N–H and O–H groups in total. The van der Waals surface area contributed by atoms with Crippen molar-refractivity contribution in [3.8, 4) is 22.8 Å². The summed E-state index contributed by atoms with van der Waals surface area (Å²) >= 11 is 0. The molecular formula is C21H26N2O2. The minimum atomic E-state index is 0.272. The maximum Gasteiger partial charge on any atom is 0.116 e. The molecule has 1 aromatic heterocycles. The van der Waals surface area contributed by atoms with E-state index in [1.807, 2.05) is 31.3 Å². The standard InChI is InChI=1S/C21H26N2O2/c1-15-19-14-18(25)10-11-20(19)23(13-5-3-4-12-22-2)21(15)16-6-8-17(24)9-7-16/h6-11,14,22,24-25H,3-5,12-13H2,1-2H3. The first-order valence-electron chi connectivity index (χ1n) is 8.87. The average Bonchev–Trinajstić information content (AvgIpc) is 2.87. The molecule has 0 saturated heterocycles. The molecule has 0 atom stereocenters. The van der Waals surface area contributed by atoms with E-state index in [2.05, 4.69) is 16.8 Å². The van der Waals surface area contributed by atoms with E-state index in [-0.39, 0.29) is 5.75 Å². The summed E-state index contributed by atoms with van der Waals surface area (Å²) in [5, 5.41) is 23.8. The SMILES string of the molecule is CNCCCCCn1c(-c2ccc(O)cc2)c(C)c2cc(O)ccc21. The number of nitrogens with zero attached hydrogens (tertiary/aromatic N) is 1. The van der Waals surface area contributed by atoms with E-state index in [1.54, 1.807) is 18.2 Å². The quantitative estimate of drug-likeness (QED) is 0.559. The second kappa shape index (κ2) is 7.62. The molecule has 1 heterocycles. The van der Waals surface area contributed by atoms with Gasteiger partial charge in [0.05, 0.1) is 5.69 Å². The van der Waals surface area contributed by atoms with Crippen molar-refractivity contribution in [1.29, 1.82) is 0 Å². The largest absolute Gasteiger partial charge is 0.508 e. The van der Waals surface area contributed by atoms with Gasteiger partial charge in [-0.25, -0.2) is 0 Å². The van der Waals surface area contributed by atoms with E-state index < -0.39 is 0 Å². The summed E-state index contributed by atoms with van der Waals surface area (Å²) in [7, 11) is 1.98. The lowest BCUT2D eigenvalue weighted by Gasteiger charge is -2.12. The highest BCUT2D eigenvalue weighted by Gasteiger charge is 2.16. The second-order valence-electron chi connectivity index (χ2n) is 6.54. The molecule has 0 aliphatic carbocycles. The first kappa shape index (κ1) is 17.4. The highest BCUT2D eigenvalue weighted by Crippen LogP contribution is 2.35. The molecule has 2 aromatic carbocycles. The Balaban J connectivity index is 2.02. The van der Waals surface area contributed by atoms with Gasteiger partial charge in [-0.1, -0.05) is 6.42 Å². The number of rotatable bonds is 7. The van der Waals surface area contributed by atoms with Crippen LogP contribution in [0.2, 0.25) is 0 Å². The maximum absolute atomic E-state index is 9.89. The highest BCUT2D eigenvalue weighted by molar-refractivity contribution is 5.92. The Morgan fingerprint density at radius 2 is 1.64 bits per heavy atom. The number of hydrogen-bond acceptors (Lipinski definition) is 3. The topological polar surface area (TPSA) is 57.4 Å². The minimum absolute atomic E-state index is 0.272. The van der Waals surface area contributed by atoms with Gasteiger partial charge >= 0.3 is 0 Å². The fraction of sp³-hybridized carbons (Fsp3) is 0.333. The third-order valence-electron chi connectivity index (χ3n) is 4.75. The molecule has 0 aliphatic heterocycles. The van der Waals surface area contributed by atoms with Crippen molar-refractivity contribution in [2.75, 3.05) is 13.6 Å². The molecule has 0 bridgehead atoms. The smallest absolute Gasteiger partial charge is 0.116 e. The molecule has 0 spiro atoms. The van der Waals surface area contributed by atoms with Crippen LogP contribution < -0.4 is 5.32 Å². The highest BCUT2D eigenvalue weighted by atomic mass is 16.3. The Bertz CT molecular complexity index is 850. The van der Waals surface area contributed by atoms with E-state index in [9.17, 15) is 10.2 Å². The normalized spacial score (nSPS) is 11.3. The Morgan fingerprint density at radius 3 is 2.36 bits per heavy atom. The number of phenolic OH excluding ortho intramolecular Hbond substituents is 2. The van der Waals surface area contributed by atoms with Crippen LogP contribution in [0.15, 0.2) is 42.5 Å². The van der Waals surface area contributed by atoms with Crippen molar-refractivity contribution in [3.05, 3.63) is 48.0 Å². The van der Waals surface area contributed by atoms with Crippen LogP contribution in [-0.4, -0.2) is 28.4 Å². The van der Waals surface area contributed by atoms with Gasteiger partial charge in [-0.05, 0) is 86.9 Å². The van der Waals surface area contributed by atoms with Crippen molar-refractivity contribution >= 4 is 10.9 Å². The number of aromatic nitrogens is 1. The van der Waals surface area contributed by atoms with Crippen LogP contribution in [0, 0.1) is 6.92 Å². The lowest BCUT2D eigenvalue weighted by Crippen LogP contribution is -2.08. The fourth-order valence-corrected chi connectivity index (χ4v) is 3.48. The lowest BCUT2D eigenvalue weighted by molar-refractivity contribution is 0.475. The average molecular weight is 338 g/mol. The number of aromatic hydroxyl groups is 2. The zero-order valence-corrected chi connectivity index (χ0v) is 14.9. The summed E-state index contributed by atoms with van der Waals surface area (Å²) < 4.78 is 2.34.